The van der Waals surface area contributed by atoms with Crippen molar-refractivity contribution in [3.8, 4) is 0 Å². The minimum Gasteiger partial charge on any atom is -0.274 e. The molecule has 4 nitrogen and oxygen atoms in total. The van der Waals surface area contributed by atoms with Crippen molar-refractivity contribution >= 4 is 10.3 Å². The van der Waals surface area contributed by atoms with Crippen molar-refractivity contribution in [1.29, 1.82) is 0 Å². The van der Waals surface area contributed by atoms with Crippen LogP contribution in [0.2, 0.25) is 0 Å². The quantitative estimate of drug-likeness (QED) is 0.251. The molecule has 0 radical (unpaired) electrons. The van der Waals surface area contributed by atoms with E-state index in [2.05, 4.69) is 5.14 Å². The molecule has 0 fully saturated rings. The molecule has 0 atom stereocenters. The van der Waals surface area contributed by atoms with Crippen LogP contribution in [0.1, 0.15) is 0 Å². The van der Waals surface area contributed by atoms with Gasteiger partial charge in [0, 0.05) is 0 Å². The van der Waals surface area contributed by atoms with E-state index in [0.717, 1.165) is 0 Å². The average Bonchev–Trinajstić information content (AvgIpc) is 0.722. The van der Waals surface area contributed by atoms with Gasteiger partial charge in [-0.2, -0.15) is 8.42 Å². The number of hydrogen-bond acceptors (Lipinski definition) is 2. The fourth-order valence-electron chi connectivity index (χ4n) is 0. The summed E-state index contributed by atoms with van der Waals surface area (Å²) < 4.78 is 25.2. The zero-order valence-electron chi connectivity index (χ0n) is 3.25. The summed E-state index contributed by atoms with van der Waals surface area (Å²) in [7, 11) is -4.17. The van der Waals surface area contributed by atoms with Crippen LogP contribution in [0.3, 0.4) is 0 Å². The Hall–Kier alpha value is 0.870. The Morgan fingerprint density at radius 2 is 1.50 bits per heavy atom. The molecule has 0 aromatic heterocycles. The van der Waals surface area contributed by atoms with Crippen molar-refractivity contribution in [2.75, 3.05) is 0 Å². The molecule has 6 heteroatoms. The third-order valence-corrected chi connectivity index (χ3v) is 0. The first-order valence-corrected chi connectivity index (χ1v) is 2.25. The van der Waals surface area contributed by atoms with Crippen molar-refractivity contribution < 1.29 is 42.5 Å². The molecule has 3 N–H and O–H groups in total. The van der Waals surface area contributed by atoms with Gasteiger partial charge in [0.15, 0.2) is 0 Å². The molecule has 0 aliphatic heterocycles. The Labute approximate surface area is 57.9 Å². The Morgan fingerprint density at radius 1 is 1.50 bits per heavy atom. The van der Waals surface area contributed by atoms with Crippen LogP contribution in [0.15, 0.2) is 0 Å². The van der Waals surface area contributed by atoms with Gasteiger partial charge < -0.3 is 0 Å². The molecular formula is H3NNaO3S+. The van der Waals surface area contributed by atoms with E-state index >= 15 is 0 Å². The molecule has 0 spiro atoms. The summed E-state index contributed by atoms with van der Waals surface area (Å²) in [5.74, 6) is 0. The molecule has 0 aromatic carbocycles. The summed E-state index contributed by atoms with van der Waals surface area (Å²) in [5.41, 5.74) is 0. The predicted octanol–water partition coefficient (Wildman–Crippen LogP) is -4.25. The zero-order valence-corrected chi connectivity index (χ0v) is 6.07. The largest absolute Gasteiger partial charge is 1.00 e. The van der Waals surface area contributed by atoms with Crippen LogP contribution in [0, 0.1) is 0 Å². The van der Waals surface area contributed by atoms with Crippen LogP contribution < -0.4 is 34.7 Å². The van der Waals surface area contributed by atoms with Gasteiger partial charge in [-0.15, -0.1) is 0 Å². The van der Waals surface area contributed by atoms with Gasteiger partial charge >= 0.3 is 39.9 Å². The first-order chi connectivity index (χ1) is 2.00. The van der Waals surface area contributed by atoms with Gasteiger partial charge in [0.05, 0.1) is 0 Å². The smallest absolute Gasteiger partial charge is 0.274 e. The maximum absolute atomic E-state index is 8.97. The molecular weight excluding hydrogens is 117 g/mol. The van der Waals surface area contributed by atoms with Gasteiger partial charge in [-0.3, -0.25) is 4.55 Å². The fraction of sp³-hybridized carbons (Fsp3) is 0. The molecule has 0 amide bonds. The number of nitrogens with two attached hydrogens (primary N) is 1. The first kappa shape index (κ1) is 9.98. The third kappa shape index (κ3) is 96.4. The van der Waals surface area contributed by atoms with Gasteiger partial charge in [0.2, 0.25) is 0 Å². The van der Waals surface area contributed by atoms with Crippen LogP contribution >= 0.6 is 0 Å². The van der Waals surface area contributed by atoms with E-state index in [4.69, 9.17) is 13.0 Å². The summed E-state index contributed by atoms with van der Waals surface area (Å²) >= 11 is 0. The Morgan fingerprint density at radius 3 is 1.50 bits per heavy atom. The topological polar surface area (TPSA) is 80.4 Å². The summed E-state index contributed by atoms with van der Waals surface area (Å²) in [4.78, 5) is 0. The van der Waals surface area contributed by atoms with Gasteiger partial charge in [0.1, 0.15) is 0 Å². The van der Waals surface area contributed by atoms with Gasteiger partial charge in [-0.25, -0.2) is 5.14 Å². The summed E-state index contributed by atoms with van der Waals surface area (Å²) in [6.07, 6.45) is 0. The molecule has 0 bridgehead atoms. The van der Waals surface area contributed by atoms with E-state index in [1.165, 1.54) is 0 Å². The van der Waals surface area contributed by atoms with Gasteiger partial charge in [-0.05, 0) is 0 Å². The second-order valence-corrected chi connectivity index (χ2v) is 1.54. The molecule has 0 aliphatic carbocycles. The molecule has 6 heavy (non-hydrogen) atoms. The molecule has 0 saturated heterocycles. The summed E-state index contributed by atoms with van der Waals surface area (Å²) in [6, 6.07) is 0. The Kier molecular flexibility index (Phi) is 4.91. The number of rotatable bonds is 0. The van der Waals surface area contributed by atoms with Crippen molar-refractivity contribution in [3.05, 3.63) is 0 Å². The molecule has 0 rings (SSSR count). The van der Waals surface area contributed by atoms with Crippen molar-refractivity contribution in [3.63, 3.8) is 0 Å². The van der Waals surface area contributed by atoms with Gasteiger partial charge in [0.25, 0.3) is 0 Å². The minimum atomic E-state index is -4.17. The SMILES string of the molecule is NS(=O)(=O)O.[Na+]. The number of hydrogen-bond donors (Lipinski definition) is 2. The van der Waals surface area contributed by atoms with Crippen LogP contribution in [-0.2, 0) is 10.3 Å². The van der Waals surface area contributed by atoms with Gasteiger partial charge in [-0.1, -0.05) is 0 Å². The maximum atomic E-state index is 8.97. The standard InChI is InChI=1S/H3NO3S.Na/c1-5(2,3)4;/h(H3,1,2,3,4);/q;+1. The molecule has 0 unspecified atom stereocenters. The minimum absolute atomic E-state index is 0. The van der Waals surface area contributed by atoms with E-state index in [1.807, 2.05) is 0 Å². The van der Waals surface area contributed by atoms with Crippen molar-refractivity contribution in [2.24, 2.45) is 5.14 Å². The molecule has 0 aromatic rings. The average molecular weight is 120 g/mol. The van der Waals surface area contributed by atoms with E-state index in [-0.39, 0.29) is 29.6 Å². The molecule has 0 aliphatic rings. The van der Waals surface area contributed by atoms with Crippen LogP contribution in [0.25, 0.3) is 0 Å². The van der Waals surface area contributed by atoms with E-state index in [0.29, 0.717) is 0 Å². The second kappa shape index (κ2) is 2.95. The van der Waals surface area contributed by atoms with E-state index in [9.17, 15) is 0 Å². The summed E-state index contributed by atoms with van der Waals surface area (Å²) in [6.45, 7) is 0. The summed E-state index contributed by atoms with van der Waals surface area (Å²) in [5, 5.41) is 3.88. The maximum Gasteiger partial charge on any atom is 1.00 e. The van der Waals surface area contributed by atoms with Crippen LogP contribution in [0.4, 0.5) is 0 Å². The zero-order chi connectivity index (χ0) is 4.50. The first-order valence-electron chi connectivity index (χ1n) is 0.752. The second-order valence-electron chi connectivity index (χ2n) is 0.515. The normalized spacial score (nSPS) is 9.67. The van der Waals surface area contributed by atoms with Crippen molar-refractivity contribution in [2.45, 2.75) is 0 Å². The molecule has 0 saturated carbocycles. The monoisotopic (exact) mass is 120 g/mol. The van der Waals surface area contributed by atoms with Crippen LogP contribution in [-0.4, -0.2) is 13.0 Å². The molecule has 0 heterocycles. The van der Waals surface area contributed by atoms with Crippen molar-refractivity contribution in [1.82, 2.24) is 0 Å². The third-order valence-electron chi connectivity index (χ3n) is 0. The Balaban J connectivity index is 0. The van der Waals surface area contributed by atoms with Crippen LogP contribution in [0.5, 0.6) is 0 Å². The fourth-order valence-corrected chi connectivity index (χ4v) is 0. The molecule has 32 valence electrons. The predicted molar refractivity (Wildman–Crippen MR) is 15.7 cm³/mol. The Bertz CT molecular complexity index is 94.0. The van der Waals surface area contributed by atoms with E-state index < -0.39 is 10.3 Å². The van der Waals surface area contributed by atoms with E-state index in [1.54, 1.807) is 0 Å².